The molecule has 0 unspecified atom stereocenters. The minimum absolute atomic E-state index is 0. The number of nitrogen functional groups attached to an aromatic ring is 1. The van der Waals surface area contributed by atoms with Crippen LogP contribution in [0.2, 0.25) is 0 Å². The molecule has 2 aromatic rings. The molecule has 0 saturated carbocycles. The van der Waals surface area contributed by atoms with E-state index in [1.165, 1.54) is 0 Å². The number of nitrogens with one attached hydrogen (secondary N) is 2. The third-order valence-corrected chi connectivity index (χ3v) is 2.39. The summed E-state index contributed by atoms with van der Waals surface area (Å²) in [4.78, 5) is 15.5. The smallest absolute Gasteiger partial charge is 0.277 e. The van der Waals surface area contributed by atoms with Gasteiger partial charge in [0.2, 0.25) is 11.5 Å². The van der Waals surface area contributed by atoms with E-state index >= 15 is 0 Å². The molecular weight excluding hydrogens is 284 g/mol. The Balaban J connectivity index is 0.00000200. The Morgan fingerprint density at radius 3 is 2.65 bits per heavy atom. The van der Waals surface area contributed by atoms with Gasteiger partial charge in [-0.2, -0.15) is 0 Å². The van der Waals surface area contributed by atoms with E-state index in [2.05, 4.69) is 30.6 Å². The number of halogens is 1. The molecule has 2 heterocycles. The summed E-state index contributed by atoms with van der Waals surface area (Å²) in [6, 6.07) is 3.85. The third kappa shape index (κ3) is 4.48. The van der Waals surface area contributed by atoms with Crippen LogP contribution >= 0.6 is 12.4 Å². The normalized spacial score (nSPS) is 9.80. The number of amides is 1. The summed E-state index contributed by atoms with van der Waals surface area (Å²) in [7, 11) is 0. The molecule has 0 aliphatic heterocycles. The fourth-order valence-corrected chi connectivity index (χ4v) is 1.43. The van der Waals surface area contributed by atoms with Crippen molar-refractivity contribution in [3.63, 3.8) is 0 Å². The molecule has 0 aliphatic carbocycles. The molecule has 9 heteroatoms. The number of carbonyl (C=O) groups excluding carboxylic acids is 1. The lowest BCUT2D eigenvalue weighted by Gasteiger charge is -2.05. The predicted octanol–water partition coefficient (Wildman–Crippen LogP) is -0.0118. The lowest BCUT2D eigenvalue weighted by molar-refractivity contribution is 0.0944. The largest absolute Gasteiger partial charge is 0.379 e. The highest BCUT2D eigenvalue weighted by Crippen LogP contribution is 2.02. The van der Waals surface area contributed by atoms with Crippen molar-refractivity contribution in [3.8, 4) is 0 Å². The zero-order valence-electron chi connectivity index (χ0n) is 10.6. The topological polar surface area (TPSA) is 119 Å². The van der Waals surface area contributed by atoms with E-state index in [9.17, 15) is 4.79 Å². The van der Waals surface area contributed by atoms with Crippen molar-refractivity contribution in [2.24, 2.45) is 0 Å². The second-order valence-corrected chi connectivity index (χ2v) is 3.79. The average Bonchev–Trinajstić information content (AvgIpc) is 2.86. The van der Waals surface area contributed by atoms with Crippen LogP contribution in [0, 0.1) is 0 Å². The Morgan fingerprint density at radius 1 is 1.25 bits per heavy atom. The van der Waals surface area contributed by atoms with Crippen molar-refractivity contribution in [2.45, 2.75) is 6.54 Å². The summed E-state index contributed by atoms with van der Waals surface area (Å²) in [6.45, 7) is 1.79. The minimum atomic E-state index is -0.399. The first-order valence-electron chi connectivity index (χ1n) is 5.73. The maximum Gasteiger partial charge on any atom is 0.277 e. The van der Waals surface area contributed by atoms with E-state index in [0.29, 0.717) is 19.6 Å². The Bertz CT molecular complexity index is 533. The molecular formula is C11H15ClN6O2. The number of pyridine rings is 1. The number of nitrogens with two attached hydrogens (primary N) is 1. The quantitative estimate of drug-likeness (QED) is 0.642. The van der Waals surface area contributed by atoms with E-state index in [1.54, 1.807) is 12.4 Å². The summed E-state index contributed by atoms with van der Waals surface area (Å²) in [6.07, 6.45) is 3.47. The Morgan fingerprint density at radius 2 is 2.00 bits per heavy atom. The van der Waals surface area contributed by atoms with Crippen LogP contribution in [0.25, 0.3) is 0 Å². The number of carbonyl (C=O) groups is 1. The second-order valence-electron chi connectivity index (χ2n) is 3.79. The number of hydrogen-bond acceptors (Lipinski definition) is 7. The summed E-state index contributed by atoms with van der Waals surface area (Å²) < 4.78 is 4.34. The lowest BCUT2D eigenvalue weighted by atomic mass is 10.3. The fraction of sp³-hybridized carbons (Fsp3) is 0.273. The molecule has 4 N–H and O–H groups in total. The number of anilines is 1. The Hall–Kier alpha value is -2.19. The SMILES string of the molecule is Cl.Nc1nonc1C(=O)NCCNCc1ccncc1. The van der Waals surface area contributed by atoms with Crippen molar-refractivity contribution in [3.05, 3.63) is 35.8 Å². The summed E-state index contributed by atoms with van der Waals surface area (Å²) in [5.41, 5.74) is 6.54. The van der Waals surface area contributed by atoms with Gasteiger partial charge in [-0.05, 0) is 28.0 Å². The molecule has 0 saturated heterocycles. The van der Waals surface area contributed by atoms with Crippen LogP contribution in [0.3, 0.4) is 0 Å². The molecule has 8 nitrogen and oxygen atoms in total. The highest BCUT2D eigenvalue weighted by atomic mass is 35.5. The van der Waals surface area contributed by atoms with Crippen LogP contribution in [0.5, 0.6) is 0 Å². The van der Waals surface area contributed by atoms with E-state index in [0.717, 1.165) is 5.56 Å². The van der Waals surface area contributed by atoms with E-state index in [-0.39, 0.29) is 23.9 Å². The molecule has 20 heavy (non-hydrogen) atoms. The number of rotatable bonds is 6. The van der Waals surface area contributed by atoms with Gasteiger partial charge in [-0.1, -0.05) is 0 Å². The van der Waals surface area contributed by atoms with Gasteiger partial charge in [-0.3, -0.25) is 9.78 Å². The van der Waals surface area contributed by atoms with Gasteiger partial charge >= 0.3 is 0 Å². The number of hydrogen-bond donors (Lipinski definition) is 3. The molecule has 0 atom stereocenters. The molecule has 0 bridgehead atoms. The highest BCUT2D eigenvalue weighted by molar-refractivity contribution is 5.95. The monoisotopic (exact) mass is 298 g/mol. The minimum Gasteiger partial charge on any atom is -0.379 e. The van der Waals surface area contributed by atoms with Crippen LogP contribution in [-0.2, 0) is 6.54 Å². The van der Waals surface area contributed by atoms with Crippen molar-refractivity contribution >= 4 is 24.1 Å². The second kappa shape index (κ2) is 8.08. The molecule has 108 valence electrons. The van der Waals surface area contributed by atoms with Crippen molar-refractivity contribution < 1.29 is 9.42 Å². The molecule has 0 fully saturated rings. The standard InChI is InChI=1S/C11H14N6O2.ClH/c12-10-9(16-19-17-10)11(18)15-6-5-14-7-8-1-3-13-4-2-8;/h1-4,14H,5-7H2,(H2,12,17)(H,15,18);1H. The lowest BCUT2D eigenvalue weighted by Crippen LogP contribution is -2.32. The van der Waals surface area contributed by atoms with Gasteiger partial charge in [0.05, 0.1) is 0 Å². The van der Waals surface area contributed by atoms with Crippen LogP contribution in [0.15, 0.2) is 29.2 Å². The average molecular weight is 299 g/mol. The zero-order valence-corrected chi connectivity index (χ0v) is 11.4. The first-order chi connectivity index (χ1) is 9.27. The molecule has 2 rings (SSSR count). The van der Waals surface area contributed by atoms with Gasteiger partial charge in [-0.15, -0.1) is 12.4 Å². The van der Waals surface area contributed by atoms with E-state index in [1.807, 2.05) is 12.1 Å². The first-order valence-corrected chi connectivity index (χ1v) is 5.73. The van der Waals surface area contributed by atoms with E-state index < -0.39 is 5.91 Å². The van der Waals surface area contributed by atoms with E-state index in [4.69, 9.17) is 5.73 Å². The molecule has 0 aliphatic rings. The summed E-state index contributed by atoms with van der Waals surface area (Å²) >= 11 is 0. The maximum atomic E-state index is 11.6. The van der Waals surface area contributed by atoms with Crippen LogP contribution in [-0.4, -0.2) is 34.3 Å². The van der Waals surface area contributed by atoms with Crippen molar-refractivity contribution in [1.82, 2.24) is 25.9 Å². The van der Waals surface area contributed by atoms with Crippen LogP contribution < -0.4 is 16.4 Å². The van der Waals surface area contributed by atoms with Gasteiger partial charge in [0, 0.05) is 32.0 Å². The van der Waals surface area contributed by atoms with Crippen molar-refractivity contribution in [1.29, 1.82) is 0 Å². The van der Waals surface area contributed by atoms with Crippen LogP contribution in [0.1, 0.15) is 16.1 Å². The fourth-order valence-electron chi connectivity index (χ4n) is 1.43. The predicted molar refractivity (Wildman–Crippen MR) is 74.2 cm³/mol. The van der Waals surface area contributed by atoms with Gasteiger partial charge in [0.15, 0.2) is 0 Å². The Kier molecular flexibility index (Phi) is 6.41. The van der Waals surface area contributed by atoms with Gasteiger partial charge in [0.1, 0.15) is 0 Å². The zero-order chi connectivity index (χ0) is 13.5. The summed E-state index contributed by atoms with van der Waals surface area (Å²) in [5, 5.41) is 12.6. The molecule has 0 radical (unpaired) electrons. The molecule has 1 amide bonds. The first kappa shape index (κ1) is 15.9. The van der Waals surface area contributed by atoms with Gasteiger partial charge in [-0.25, -0.2) is 4.63 Å². The third-order valence-electron chi connectivity index (χ3n) is 2.39. The Labute approximate surface area is 121 Å². The van der Waals surface area contributed by atoms with Gasteiger partial charge in [0.25, 0.3) is 5.91 Å². The maximum absolute atomic E-state index is 11.6. The summed E-state index contributed by atoms with van der Waals surface area (Å²) in [5.74, 6) is -0.410. The molecule has 0 spiro atoms. The van der Waals surface area contributed by atoms with Crippen molar-refractivity contribution in [2.75, 3.05) is 18.8 Å². The number of aromatic nitrogens is 3. The van der Waals surface area contributed by atoms with Crippen LogP contribution in [0.4, 0.5) is 5.82 Å². The number of nitrogens with zero attached hydrogens (tertiary/aromatic N) is 3. The highest BCUT2D eigenvalue weighted by Gasteiger charge is 2.14. The molecule has 2 aromatic heterocycles. The van der Waals surface area contributed by atoms with Gasteiger partial charge < -0.3 is 16.4 Å². The molecule has 0 aromatic carbocycles.